The Hall–Kier alpha value is -1.82. The average molecular weight is 282 g/mol. The molecule has 0 radical (unpaired) electrons. The first-order valence-electron chi connectivity index (χ1n) is 5.98. The van der Waals surface area contributed by atoms with E-state index in [0.29, 0.717) is 10.9 Å². The van der Waals surface area contributed by atoms with Gasteiger partial charge in [-0.05, 0) is 44.3 Å². The highest BCUT2D eigenvalue weighted by Gasteiger charge is 2.07. The van der Waals surface area contributed by atoms with Crippen molar-refractivity contribution in [1.29, 1.82) is 0 Å². The highest BCUT2D eigenvalue weighted by Crippen LogP contribution is 2.28. The van der Waals surface area contributed by atoms with Crippen LogP contribution in [0.5, 0.6) is 11.5 Å². The molecule has 0 amide bonds. The largest absolute Gasteiger partial charge is 0.493 e. The maximum absolute atomic E-state index is 5.65. The molecule has 3 N–H and O–H groups in total. The molecule has 0 unspecified atom stereocenters. The SMILES string of the molecule is CNC(=S)N[NH+]=Cc1ccc(OC(C)C)c(OC)c1. The van der Waals surface area contributed by atoms with Gasteiger partial charge in [0.1, 0.15) is 0 Å². The number of nitrogens with one attached hydrogen (secondary N) is 3. The molecule has 1 aromatic rings. The van der Waals surface area contributed by atoms with E-state index in [4.69, 9.17) is 21.7 Å². The van der Waals surface area contributed by atoms with Gasteiger partial charge in [0.05, 0.1) is 13.2 Å². The molecule has 0 fully saturated rings. The van der Waals surface area contributed by atoms with E-state index in [-0.39, 0.29) is 6.10 Å². The zero-order chi connectivity index (χ0) is 14.3. The standard InChI is InChI=1S/C13H19N3O2S/c1-9(2)18-11-6-5-10(7-12(11)17-4)8-15-16-13(19)14-3/h5-9H,1-4H3,(H2,14,16,19)/p+1. The molecular weight excluding hydrogens is 262 g/mol. The number of hydrazine groups is 1. The fraction of sp³-hybridized carbons (Fsp3) is 0.385. The molecule has 19 heavy (non-hydrogen) atoms. The number of hydrazone groups is 1. The Morgan fingerprint density at radius 1 is 1.37 bits per heavy atom. The van der Waals surface area contributed by atoms with Gasteiger partial charge in [0.2, 0.25) is 5.11 Å². The Labute approximate surface area is 119 Å². The van der Waals surface area contributed by atoms with Gasteiger partial charge >= 0.3 is 0 Å². The highest BCUT2D eigenvalue weighted by molar-refractivity contribution is 7.80. The molecule has 0 saturated heterocycles. The summed E-state index contributed by atoms with van der Waals surface area (Å²) in [5, 5.41) is 6.20. The second kappa shape index (κ2) is 7.58. The maximum Gasteiger partial charge on any atom is 0.223 e. The van der Waals surface area contributed by atoms with Crippen LogP contribution in [-0.2, 0) is 0 Å². The van der Waals surface area contributed by atoms with Crippen molar-refractivity contribution in [3.8, 4) is 11.5 Å². The zero-order valence-electron chi connectivity index (χ0n) is 11.6. The van der Waals surface area contributed by atoms with Crippen LogP contribution in [0.25, 0.3) is 0 Å². The summed E-state index contributed by atoms with van der Waals surface area (Å²) in [4.78, 5) is 0. The van der Waals surface area contributed by atoms with Crippen LogP contribution in [0.2, 0.25) is 0 Å². The van der Waals surface area contributed by atoms with E-state index in [9.17, 15) is 0 Å². The van der Waals surface area contributed by atoms with Crippen LogP contribution in [-0.4, -0.2) is 31.6 Å². The predicted molar refractivity (Wildman–Crippen MR) is 79.7 cm³/mol. The van der Waals surface area contributed by atoms with Crippen LogP contribution in [0.1, 0.15) is 19.4 Å². The third-order valence-electron chi connectivity index (χ3n) is 2.20. The number of thiocarbonyl (C=S) groups is 1. The molecular formula is C13H20N3O2S+. The third kappa shape index (κ3) is 5.13. The van der Waals surface area contributed by atoms with E-state index in [2.05, 4.69) is 15.8 Å². The third-order valence-corrected chi connectivity index (χ3v) is 2.51. The first-order chi connectivity index (χ1) is 9.06. The minimum atomic E-state index is 0.108. The molecule has 0 aliphatic heterocycles. The number of rotatable bonds is 5. The molecule has 0 spiro atoms. The summed E-state index contributed by atoms with van der Waals surface area (Å²) in [6.07, 6.45) is 1.89. The molecule has 6 heteroatoms. The van der Waals surface area contributed by atoms with Crippen LogP contribution in [0.3, 0.4) is 0 Å². The van der Waals surface area contributed by atoms with Gasteiger partial charge in [-0.1, -0.05) is 0 Å². The first kappa shape index (κ1) is 15.2. The van der Waals surface area contributed by atoms with Gasteiger partial charge in [-0.3, -0.25) is 0 Å². The average Bonchev–Trinajstić information content (AvgIpc) is 2.39. The van der Waals surface area contributed by atoms with Crippen LogP contribution in [0.15, 0.2) is 18.2 Å². The van der Waals surface area contributed by atoms with Gasteiger partial charge in [0.25, 0.3) is 0 Å². The first-order valence-corrected chi connectivity index (χ1v) is 6.38. The number of hydrogen-bond donors (Lipinski definition) is 3. The van der Waals surface area contributed by atoms with Crippen LogP contribution in [0, 0.1) is 0 Å². The van der Waals surface area contributed by atoms with Gasteiger partial charge in [0.15, 0.2) is 17.7 Å². The summed E-state index contributed by atoms with van der Waals surface area (Å²) < 4.78 is 10.9. The van der Waals surface area contributed by atoms with E-state index >= 15 is 0 Å². The van der Waals surface area contributed by atoms with E-state index in [1.54, 1.807) is 20.4 Å². The lowest BCUT2D eigenvalue weighted by Crippen LogP contribution is -2.82. The van der Waals surface area contributed by atoms with Gasteiger partial charge in [-0.2, -0.15) is 0 Å². The Morgan fingerprint density at radius 3 is 2.68 bits per heavy atom. The fourth-order valence-corrected chi connectivity index (χ4v) is 1.43. The van der Waals surface area contributed by atoms with Crippen LogP contribution >= 0.6 is 12.2 Å². The quantitative estimate of drug-likeness (QED) is 0.403. The Morgan fingerprint density at radius 2 is 2.11 bits per heavy atom. The number of methoxy groups -OCH3 is 1. The zero-order valence-corrected chi connectivity index (χ0v) is 12.4. The molecule has 0 saturated carbocycles. The van der Waals surface area contributed by atoms with Crippen molar-refractivity contribution in [3.05, 3.63) is 23.8 Å². The normalized spacial score (nSPS) is 10.6. The molecule has 0 bridgehead atoms. The molecule has 0 aromatic heterocycles. The molecule has 104 valence electrons. The Balaban J connectivity index is 2.79. The smallest absolute Gasteiger partial charge is 0.223 e. The Kier molecular flexibility index (Phi) is 6.08. The monoisotopic (exact) mass is 282 g/mol. The molecule has 0 heterocycles. The van der Waals surface area contributed by atoms with Crippen molar-refractivity contribution >= 4 is 23.5 Å². The molecule has 1 rings (SSSR count). The predicted octanol–water partition coefficient (Wildman–Crippen LogP) is -0.00920. The molecule has 0 aliphatic carbocycles. The molecule has 1 aromatic carbocycles. The molecule has 0 aliphatic rings. The van der Waals surface area contributed by atoms with Crippen molar-refractivity contribution in [3.63, 3.8) is 0 Å². The van der Waals surface area contributed by atoms with Gasteiger partial charge in [-0.15, -0.1) is 10.5 Å². The summed E-state index contributed by atoms with van der Waals surface area (Å²) in [6, 6.07) is 5.69. The topological polar surface area (TPSA) is 56.5 Å². The summed E-state index contributed by atoms with van der Waals surface area (Å²) in [6.45, 7) is 3.95. The van der Waals surface area contributed by atoms with Gasteiger partial charge < -0.3 is 14.8 Å². The second-order valence-corrected chi connectivity index (χ2v) is 4.48. The number of benzene rings is 1. The lowest BCUT2D eigenvalue weighted by atomic mass is 10.2. The number of ether oxygens (including phenoxy) is 2. The number of hydrogen-bond acceptors (Lipinski definition) is 3. The van der Waals surface area contributed by atoms with Crippen molar-refractivity contribution in [2.45, 2.75) is 20.0 Å². The van der Waals surface area contributed by atoms with Crippen LogP contribution < -0.4 is 25.3 Å². The van der Waals surface area contributed by atoms with E-state index in [1.165, 1.54) is 0 Å². The summed E-state index contributed by atoms with van der Waals surface area (Å²) in [7, 11) is 3.37. The summed E-state index contributed by atoms with van der Waals surface area (Å²) >= 11 is 4.94. The molecule has 5 nitrogen and oxygen atoms in total. The fourth-order valence-electron chi connectivity index (χ4n) is 1.37. The maximum atomic E-state index is 5.65. The molecule has 0 atom stereocenters. The van der Waals surface area contributed by atoms with Gasteiger partial charge in [0, 0.05) is 12.6 Å². The van der Waals surface area contributed by atoms with E-state index in [0.717, 1.165) is 11.3 Å². The van der Waals surface area contributed by atoms with Crippen molar-refractivity contribution in [1.82, 2.24) is 10.7 Å². The van der Waals surface area contributed by atoms with Crippen molar-refractivity contribution < 1.29 is 14.6 Å². The lowest BCUT2D eigenvalue weighted by molar-refractivity contribution is -0.500. The minimum Gasteiger partial charge on any atom is -0.493 e. The summed E-state index contributed by atoms with van der Waals surface area (Å²) in [5.74, 6) is 1.42. The lowest BCUT2D eigenvalue weighted by Gasteiger charge is -2.13. The highest BCUT2D eigenvalue weighted by atomic mass is 32.1. The van der Waals surface area contributed by atoms with Crippen LogP contribution in [0.4, 0.5) is 0 Å². The van der Waals surface area contributed by atoms with E-state index < -0.39 is 0 Å². The second-order valence-electron chi connectivity index (χ2n) is 4.07. The van der Waals surface area contributed by atoms with Crippen molar-refractivity contribution in [2.75, 3.05) is 14.2 Å². The van der Waals surface area contributed by atoms with Gasteiger partial charge in [-0.25, -0.2) is 0 Å². The Bertz CT molecular complexity index is 461. The van der Waals surface area contributed by atoms with E-state index in [1.807, 2.05) is 32.0 Å². The minimum absolute atomic E-state index is 0.108. The summed E-state index contributed by atoms with van der Waals surface area (Å²) in [5.41, 5.74) is 3.75. The van der Waals surface area contributed by atoms with Crippen molar-refractivity contribution in [2.24, 2.45) is 0 Å².